The molecule has 3 heterocycles. The number of para-hydroxylation sites is 1. The second-order valence-corrected chi connectivity index (χ2v) is 9.63. The highest BCUT2D eigenvalue weighted by molar-refractivity contribution is 7.99. The van der Waals surface area contributed by atoms with Gasteiger partial charge in [0.15, 0.2) is 5.16 Å². The Morgan fingerprint density at radius 3 is 2.52 bits per heavy atom. The quantitative estimate of drug-likeness (QED) is 0.344. The first kappa shape index (κ1) is 24.0. The number of nitrogens with one attached hydrogen (secondary N) is 1. The topological polar surface area (TPSA) is 64.6 Å². The maximum absolute atomic E-state index is 14.1. The van der Waals surface area contributed by atoms with Gasteiger partial charge in [0.1, 0.15) is 16.8 Å². The van der Waals surface area contributed by atoms with Gasteiger partial charge in [0.05, 0.1) is 11.4 Å². The maximum atomic E-state index is 14.1. The van der Waals surface area contributed by atoms with E-state index in [-0.39, 0.29) is 17.5 Å². The second-order valence-electron chi connectivity index (χ2n) is 8.30. The van der Waals surface area contributed by atoms with E-state index >= 15 is 0 Å². The highest BCUT2D eigenvalue weighted by Crippen LogP contribution is 2.25. The van der Waals surface area contributed by atoms with Crippen molar-refractivity contribution in [1.29, 1.82) is 0 Å². The van der Waals surface area contributed by atoms with Crippen molar-refractivity contribution in [3.8, 4) is 0 Å². The molecule has 4 rings (SSSR count). The molecular formula is C23H30ClFN6OS. The van der Waals surface area contributed by atoms with Crippen LogP contribution < -0.4 is 15.1 Å². The molecule has 2 aliphatic heterocycles. The minimum Gasteiger partial charge on any atom is -0.366 e. The molecule has 33 heavy (non-hydrogen) atoms. The molecule has 1 N–H and O–H groups in total. The monoisotopic (exact) mass is 492 g/mol. The number of piperazine rings is 1. The summed E-state index contributed by atoms with van der Waals surface area (Å²) in [6, 6.07) is 8.58. The molecule has 0 saturated carbocycles. The third-order valence-electron chi connectivity index (χ3n) is 5.99. The van der Waals surface area contributed by atoms with Crippen LogP contribution in [0.15, 0.2) is 35.5 Å². The number of rotatable bonds is 8. The molecule has 1 aromatic heterocycles. The lowest BCUT2D eigenvalue weighted by Crippen LogP contribution is -2.47. The summed E-state index contributed by atoms with van der Waals surface area (Å²) in [6.45, 7) is 6.57. The summed E-state index contributed by atoms with van der Waals surface area (Å²) < 4.78 is 14.1. The minimum atomic E-state index is -0.205. The Bertz CT molecular complexity index is 937. The number of aromatic nitrogens is 2. The van der Waals surface area contributed by atoms with Gasteiger partial charge in [-0.2, -0.15) is 0 Å². The number of anilines is 2. The first-order chi connectivity index (χ1) is 16.1. The van der Waals surface area contributed by atoms with Gasteiger partial charge in [0, 0.05) is 45.3 Å². The van der Waals surface area contributed by atoms with Crippen LogP contribution in [0.25, 0.3) is 0 Å². The van der Waals surface area contributed by atoms with Crippen molar-refractivity contribution in [2.45, 2.75) is 24.4 Å². The van der Waals surface area contributed by atoms with Crippen LogP contribution >= 0.6 is 23.4 Å². The van der Waals surface area contributed by atoms with Crippen LogP contribution in [0.4, 0.5) is 15.9 Å². The number of likely N-dealkylation sites (tertiary alicyclic amines) is 1. The van der Waals surface area contributed by atoms with Gasteiger partial charge >= 0.3 is 0 Å². The number of benzene rings is 1. The maximum Gasteiger partial charge on any atom is 0.230 e. The predicted octanol–water partition coefficient (Wildman–Crippen LogP) is 3.29. The fraction of sp³-hybridized carbons (Fsp3) is 0.522. The largest absolute Gasteiger partial charge is 0.366 e. The third kappa shape index (κ3) is 6.94. The fourth-order valence-electron chi connectivity index (χ4n) is 4.21. The molecule has 2 aliphatic rings. The van der Waals surface area contributed by atoms with Gasteiger partial charge in [-0.3, -0.25) is 4.79 Å². The molecule has 2 saturated heterocycles. The molecule has 0 aliphatic carbocycles. The van der Waals surface area contributed by atoms with Crippen LogP contribution in [0, 0.1) is 5.82 Å². The Morgan fingerprint density at radius 2 is 1.76 bits per heavy atom. The van der Waals surface area contributed by atoms with Crippen LogP contribution in [-0.4, -0.2) is 78.9 Å². The molecule has 0 atom stereocenters. The van der Waals surface area contributed by atoms with Crippen molar-refractivity contribution in [2.24, 2.45) is 0 Å². The van der Waals surface area contributed by atoms with E-state index in [4.69, 9.17) is 11.6 Å². The molecule has 10 heteroatoms. The summed E-state index contributed by atoms with van der Waals surface area (Å²) in [5.74, 6) is 0.752. The first-order valence-electron chi connectivity index (χ1n) is 11.5. The normalized spacial score (nSPS) is 17.3. The number of hydrogen-bond acceptors (Lipinski definition) is 7. The van der Waals surface area contributed by atoms with Crippen LogP contribution in [0.1, 0.15) is 19.3 Å². The zero-order valence-corrected chi connectivity index (χ0v) is 20.3. The molecule has 0 unspecified atom stereocenters. The molecule has 178 valence electrons. The van der Waals surface area contributed by atoms with Gasteiger partial charge in [-0.05, 0) is 38.1 Å². The van der Waals surface area contributed by atoms with Gasteiger partial charge in [-0.25, -0.2) is 14.4 Å². The molecule has 0 radical (unpaired) electrons. The van der Waals surface area contributed by atoms with Gasteiger partial charge in [-0.15, -0.1) is 0 Å². The van der Waals surface area contributed by atoms with Crippen molar-refractivity contribution in [2.75, 3.05) is 67.9 Å². The lowest BCUT2D eigenvalue weighted by atomic mass is 10.1. The average Bonchev–Trinajstić information content (AvgIpc) is 2.84. The van der Waals surface area contributed by atoms with Crippen molar-refractivity contribution in [3.05, 3.63) is 41.3 Å². The highest BCUT2D eigenvalue weighted by atomic mass is 35.5. The number of hydrogen-bond donors (Lipinski definition) is 1. The molecule has 0 bridgehead atoms. The predicted molar refractivity (Wildman–Crippen MR) is 132 cm³/mol. The molecule has 1 amide bonds. The van der Waals surface area contributed by atoms with Gasteiger partial charge in [-0.1, -0.05) is 41.9 Å². The fourth-order valence-corrected chi connectivity index (χ4v) is 5.13. The van der Waals surface area contributed by atoms with Crippen molar-refractivity contribution < 1.29 is 9.18 Å². The van der Waals surface area contributed by atoms with Crippen molar-refractivity contribution in [3.63, 3.8) is 0 Å². The zero-order chi connectivity index (χ0) is 23.0. The minimum absolute atomic E-state index is 0.0272. The Balaban J connectivity index is 1.25. The summed E-state index contributed by atoms with van der Waals surface area (Å²) in [7, 11) is 0. The smallest absolute Gasteiger partial charge is 0.230 e. The number of piperidine rings is 1. The van der Waals surface area contributed by atoms with Crippen molar-refractivity contribution >= 4 is 40.8 Å². The van der Waals surface area contributed by atoms with Gasteiger partial charge < -0.3 is 20.0 Å². The SMILES string of the molecule is O=C(CSc1nc(Cl)cc(N2CCN(c3ccccc3F)CC2)n1)NCCN1CCCCC1. The van der Waals surface area contributed by atoms with E-state index in [0.717, 1.165) is 25.5 Å². The van der Waals surface area contributed by atoms with E-state index in [2.05, 4.69) is 25.1 Å². The summed E-state index contributed by atoms with van der Waals surface area (Å²) in [5, 5.41) is 3.82. The number of carbonyl (C=O) groups excluding carboxylic acids is 1. The lowest BCUT2D eigenvalue weighted by Gasteiger charge is -2.36. The van der Waals surface area contributed by atoms with E-state index in [1.165, 1.54) is 37.1 Å². The van der Waals surface area contributed by atoms with E-state index in [1.54, 1.807) is 18.2 Å². The standard InChI is InChI=1S/C23H30ClFN6OS/c24-20-16-21(31-14-12-30(13-15-31)19-7-3-2-6-18(19)25)28-23(27-20)33-17-22(32)26-8-11-29-9-4-1-5-10-29/h2-3,6-7,16H,1,4-5,8-15,17H2,(H,26,32). The molecule has 2 fully saturated rings. The highest BCUT2D eigenvalue weighted by Gasteiger charge is 2.21. The van der Waals surface area contributed by atoms with E-state index in [0.29, 0.717) is 48.7 Å². The van der Waals surface area contributed by atoms with Crippen LogP contribution in [0.3, 0.4) is 0 Å². The number of thioether (sulfide) groups is 1. The Hall–Kier alpha value is -2.10. The van der Waals surface area contributed by atoms with Crippen LogP contribution in [-0.2, 0) is 4.79 Å². The Morgan fingerprint density at radius 1 is 1.03 bits per heavy atom. The molecule has 0 spiro atoms. The number of carbonyl (C=O) groups is 1. The molecule has 2 aromatic rings. The molecule has 1 aromatic carbocycles. The van der Waals surface area contributed by atoms with E-state index < -0.39 is 0 Å². The molecular weight excluding hydrogens is 463 g/mol. The summed E-state index contributed by atoms with van der Waals surface area (Å²) in [5.41, 5.74) is 0.625. The Labute approximate surface area is 203 Å². The summed E-state index contributed by atoms with van der Waals surface area (Å²) in [6.07, 6.45) is 3.80. The second kappa shape index (κ2) is 11.9. The summed E-state index contributed by atoms with van der Waals surface area (Å²) in [4.78, 5) is 27.7. The van der Waals surface area contributed by atoms with Gasteiger partial charge in [0.2, 0.25) is 5.91 Å². The summed E-state index contributed by atoms with van der Waals surface area (Å²) >= 11 is 7.53. The third-order valence-corrected chi connectivity index (χ3v) is 7.03. The first-order valence-corrected chi connectivity index (χ1v) is 12.9. The van der Waals surface area contributed by atoms with E-state index in [1.807, 2.05) is 11.0 Å². The van der Waals surface area contributed by atoms with Crippen LogP contribution in [0.5, 0.6) is 0 Å². The number of amides is 1. The van der Waals surface area contributed by atoms with E-state index in [9.17, 15) is 9.18 Å². The molecule has 7 nitrogen and oxygen atoms in total. The van der Waals surface area contributed by atoms with Gasteiger partial charge in [0.25, 0.3) is 0 Å². The van der Waals surface area contributed by atoms with Crippen molar-refractivity contribution in [1.82, 2.24) is 20.2 Å². The average molecular weight is 493 g/mol. The zero-order valence-electron chi connectivity index (χ0n) is 18.7. The van der Waals surface area contributed by atoms with Crippen LogP contribution in [0.2, 0.25) is 5.15 Å². The lowest BCUT2D eigenvalue weighted by molar-refractivity contribution is -0.118. The Kier molecular flexibility index (Phi) is 8.63. The number of nitrogens with zero attached hydrogens (tertiary/aromatic N) is 5. The number of halogens is 2.